The topological polar surface area (TPSA) is 48.0 Å². The summed E-state index contributed by atoms with van der Waals surface area (Å²) >= 11 is 0. The fourth-order valence-electron chi connectivity index (χ4n) is 2.34. The highest BCUT2D eigenvalue weighted by atomic mass is 16.1. The third kappa shape index (κ3) is 1.25. The molecule has 3 nitrogen and oxygen atoms in total. The van der Waals surface area contributed by atoms with Gasteiger partial charge in [0.25, 0.3) is 0 Å². The maximum Gasteiger partial charge on any atom is 0.197 e. The molecule has 2 aromatic carbocycles. The van der Waals surface area contributed by atoms with E-state index in [2.05, 4.69) is 0 Å². The number of hydrogen-bond donors (Lipinski definition) is 1. The minimum Gasteiger partial charge on any atom is -0.397 e. The molecule has 17 heavy (non-hydrogen) atoms. The molecule has 0 spiro atoms. The SMILES string of the molecule is Cn1c2ccccc2c(=O)c2cccc(N)c21. The minimum atomic E-state index is 0.0426. The second kappa shape index (κ2) is 3.35. The molecule has 0 amide bonds. The number of para-hydroxylation sites is 2. The van der Waals surface area contributed by atoms with Crippen LogP contribution in [0.3, 0.4) is 0 Å². The lowest BCUT2D eigenvalue weighted by molar-refractivity contribution is 1.00. The van der Waals surface area contributed by atoms with Gasteiger partial charge in [-0.05, 0) is 24.3 Å². The monoisotopic (exact) mass is 224 g/mol. The summed E-state index contributed by atoms with van der Waals surface area (Å²) in [6, 6.07) is 13.0. The van der Waals surface area contributed by atoms with Crippen LogP contribution < -0.4 is 11.2 Å². The molecule has 1 aromatic heterocycles. The van der Waals surface area contributed by atoms with Gasteiger partial charge in [0.05, 0.1) is 16.7 Å². The predicted molar refractivity (Wildman–Crippen MR) is 71.1 cm³/mol. The highest BCUT2D eigenvalue weighted by molar-refractivity contribution is 5.98. The fourth-order valence-corrected chi connectivity index (χ4v) is 2.34. The Labute approximate surface area is 98.1 Å². The summed E-state index contributed by atoms with van der Waals surface area (Å²) < 4.78 is 1.97. The number of hydrogen-bond acceptors (Lipinski definition) is 2. The Kier molecular flexibility index (Phi) is 1.95. The molecule has 0 bridgehead atoms. The molecule has 1 heterocycles. The first kappa shape index (κ1) is 9.90. The van der Waals surface area contributed by atoms with Crippen LogP contribution in [0.1, 0.15) is 0 Å². The lowest BCUT2D eigenvalue weighted by Crippen LogP contribution is -2.10. The molecule has 84 valence electrons. The third-order valence-corrected chi connectivity index (χ3v) is 3.16. The molecule has 0 unspecified atom stereocenters. The molecule has 0 atom stereocenters. The van der Waals surface area contributed by atoms with E-state index in [-0.39, 0.29) is 5.43 Å². The van der Waals surface area contributed by atoms with Crippen LogP contribution in [0.2, 0.25) is 0 Å². The van der Waals surface area contributed by atoms with Gasteiger partial charge in [-0.3, -0.25) is 4.79 Å². The lowest BCUT2D eigenvalue weighted by atomic mass is 10.1. The van der Waals surface area contributed by atoms with Crippen LogP contribution in [-0.4, -0.2) is 4.57 Å². The van der Waals surface area contributed by atoms with Gasteiger partial charge in [-0.1, -0.05) is 18.2 Å². The smallest absolute Gasteiger partial charge is 0.197 e. The summed E-state index contributed by atoms with van der Waals surface area (Å²) in [7, 11) is 1.93. The molecular formula is C14H12N2O. The molecule has 0 fully saturated rings. The second-order valence-corrected chi connectivity index (χ2v) is 4.15. The number of rotatable bonds is 0. The van der Waals surface area contributed by atoms with Crippen LogP contribution in [0.4, 0.5) is 5.69 Å². The zero-order valence-corrected chi connectivity index (χ0v) is 9.47. The second-order valence-electron chi connectivity index (χ2n) is 4.15. The van der Waals surface area contributed by atoms with Crippen molar-refractivity contribution in [2.45, 2.75) is 0 Å². The van der Waals surface area contributed by atoms with E-state index in [0.29, 0.717) is 11.1 Å². The predicted octanol–water partition coefficient (Wildman–Crippen LogP) is 2.27. The highest BCUT2D eigenvalue weighted by Gasteiger charge is 2.09. The standard InChI is InChI=1S/C14H12N2O/c1-16-12-8-3-2-5-9(12)14(17)10-6-4-7-11(15)13(10)16/h2-8H,15H2,1H3. The van der Waals surface area contributed by atoms with Crippen LogP contribution in [0.5, 0.6) is 0 Å². The number of fused-ring (bicyclic) bond motifs is 2. The first-order chi connectivity index (χ1) is 8.20. The van der Waals surface area contributed by atoms with Gasteiger partial charge in [0.1, 0.15) is 0 Å². The van der Waals surface area contributed by atoms with E-state index in [0.717, 1.165) is 16.4 Å². The molecular weight excluding hydrogens is 212 g/mol. The van der Waals surface area contributed by atoms with Crippen molar-refractivity contribution in [3.63, 3.8) is 0 Å². The minimum absolute atomic E-state index is 0.0426. The first-order valence-corrected chi connectivity index (χ1v) is 5.46. The fraction of sp³-hybridized carbons (Fsp3) is 0.0714. The Hall–Kier alpha value is -2.29. The van der Waals surface area contributed by atoms with Crippen molar-refractivity contribution in [2.24, 2.45) is 7.05 Å². The van der Waals surface area contributed by atoms with E-state index in [1.807, 2.05) is 54.1 Å². The van der Waals surface area contributed by atoms with Crippen molar-refractivity contribution in [3.05, 3.63) is 52.7 Å². The molecule has 0 aliphatic carbocycles. The molecule has 3 rings (SSSR count). The van der Waals surface area contributed by atoms with Crippen LogP contribution in [-0.2, 0) is 7.05 Å². The normalized spacial score (nSPS) is 11.1. The summed E-state index contributed by atoms with van der Waals surface area (Å²) in [6.45, 7) is 0. The van der Waals surface area contributed by atoms with Crippen LogP contribution in [0.25, 0.3) is 21.8 Å². The highest BCUT2D eigenvalue weighted by Crippen LogP contribution is 2.22. The van der Waals surface area contributed by atoms with Gasteiger partial charge < -0.3 is 10.3 Å². The maximum atomic E-state index is 12.3. The van der Waals surface area contributed by atoms with Gasteiger partial charge >= 0.3 is 0 Å². The van der Waals surface area contributed by atoms with Crippen LogP contribution >= 0.6 is 0 Å². The average molecular weight is 224 g/mol. The summed E-state index contributed by atoms with van der Waals surface area (Å²) in [5.41, 5.74) is 8.34. The summed E-state index contributed by atoms with van der Waals surface area (Å²) in [4.78, 5) is 12.3. The molecule has 3 aromatic rings. The average Bonchev–Trinajstić information content (AvgIpc) is 2.36. The van der Waals surface area contributed by atoms with E-state index in [1.165, 1.54) is 0 Å². The first-order valence-electron chi connectivity index (χ1n) is 5.46. The lowest BCUT2D eigenvalue weighted by Gasteiger charge is -2.11. The molecule has 0 aliphatic heterocycles. The van der Waals surface area contributed by atoms with E-state index in [4.69, 9.17) is 5.73 Å². The Morgan fingerprint density at radius 2 is 1.71 bits per heavy atom. The summed E-state index contributed by atoms with van der Waals surface area (Å²) in [5.74, 6) is 0. The number of nitrogen functional groups attached to an aromatic ring is 1. The van der Waals surface area contributed by atoms with Gasteiger partial charge in [0, 0.05) is 17.8 Å². The van der Waals surface area contributed by atoms with E-state index in [9.17, 15) is 4.79 Å². The zero-order chi connectivity index (χ0) is 12.0. The van der Waals surface area contributed by atoms with Crippen molar-refractivity contribution in [2.75, 3.05) is 5.73 Å². The third-order valence-electron chi connectivity index (χ3n) is 3.16. The van der Waals surface area contributed by atoms with Gasteiger partial charge in [0.2, 0.25) is 0 Å². The molecule has 0 radical (unpaired) electrons. The number of aryl methyl sites for hydroxylation is 1. The number of nitrogens with zero attached hydrogens (tertiary/aromatic N) is 1. The Morgan fingerprint density at radius 3 is 2.53 bits per heavy atom. The van der Waals surface area contributed by atoms with Gasteiger partial charge in [-0.15, -0.1) is 0 Å². The Balaban J connectivity index is 2.74. The van der Waals surface area contributed by atoms with Crippen molar-refractivity contribution in [1.82, 2.24) is 4.57 Å². The summed E-state index contributed by atoms with van der Waals surface area (Å²) in [5, 5.41) is 1.40. The number of benzene rings is 2. The van der Waals surface area contributed by atoms with Crippen molar-refractivity contribution < 1.29 is 0 Å². The number of nitrogens with two attached hydrogens (primary N) is 1. The zero-order valence-electron chi connectivity index (χ0n) is 9.47. The van der Waals surface area contributed by atoms with Gasteiger partial charge in [0.15, 0.2) is 5.43 Å². The Morgan fingerprint density at radius 1 is 1.00 bits per heavy atom. The molecule has 2 N–H and O–H groups in total. The molecule has 0 aliphatic rings. The van der Waals surface area contributed by atoms with E-state index >= 15 is 0 Å². The number of anilines is 1. The number of pyridine rings is 1. The molecule has 3 heteroatoms. The number of aromatic nitrogens is 1. The largest absolute Gasteiger partial charge is 0.397 e. The molecule has 0 saturated heterocycles. The Bertz CT molecular complexity index is 787. The van der Waals surface area contributed by atoms with Crippen LogP contribution in [0.15, 0.2) is 47.3 Å². The van der Waals surface area contributed by atoms with Crippen molar-refractivity contribution in [1.29, 1.82) is 0 Å². The van der Waals surface area contributed by atoms with Gasteiger partial charge in [-0.25, -0.2) is 0 Å². The summed E-state index contributed by atoms with van der Waals surface area (Å²) in [6.07, 6.45) is 0. The van der Waals surface area contributed by atoms with Crippen molar-refractivity contribution in [3.8, 4) is 0 Å². The van der Waals surface area contributed by atoms with E-state index < -0.39 is 0 Å². The van der Waals surface area contributed by atoms with Crippen LogP contribution in [0, 0.1) is 0 Å². The van der Waals surface area contributed by atoms with Crippen molar-refractivity contribution >= 4 is 27.5 Å². The van der Waals surface area contributed by atoms with Gasteiger partial charge in [-0.2, -0.15) is 0 Å². The maximum absolute atomic E-state index is 12.3. The quantitative estimate of drug-likeness (QED) is 0.470. The molecule has 0 saturated carbocycles. The van der Waals surface area contributed by atoms with E-state index in [1.54, 1.807) is 0 Å².